The van der Waals surface area contributed by atoms with Gasteiger partial charge in [-0.2, -0.15) is 0 Å². The lowest BCUT2D eigenvalue weighted by Crippen LogP contribution is -2.33. The Labute approximate surface area is 141 Å². The van der Waals surface area contributed by atoms with Gasteiger partial charge in [-0.3, -0.25) is 14.3 Å². The summed E-state index contributed by atoms with van der Waals surface area (Å²) in [6.45, 7) is -0.335. The number of benzene rings is 1. The molecule has 1 aliphatic rings. The van der Waals surface area contributed by atoms with Gasteiger partial charge in [-0.25, -0.2) is 4.79 Å². The van der Waals surface area contributed by atoms with Gasteiger partial charge in [0.25, 0.3) is 5.56 Å². The van der Waals surface area contributed by atoms with Crippen molar-refractivity contribution in [2.75, 3.05) is 12.9 Å². The third-order valence-corrected chi connectivity index (χ3v) is 4.81. The zero-order valence-electron chi connectivity index (χ0n) is 13.0. The second-order valence-corrected chi connectivity index (χ2v) is 6.43. The minimum absolute atomic E-state index is 0.169. The first-order valence-electron chi connectivity index (χ1n) is 7.47. The van der Waals surface area contributed by atoms with Crippen molar-refractivity contribution in [1.82, 2.24) is 9.55 Å². The lowest BCUT2D eigenvalue weighted by molar-refractivity contribution is -0.0458. The molecular formula is C16H18N2O5S. The van der Waals surface area contributed by atoms with Crippen molar-refractivity contribution in [2.45, 2.75) is 29.8 Å². The third-order valence-electron chi connectivity index (χ3n) is 4.06. The van der Waals surface area contributed by atoms with E-state index in [9.17, 15) is 14.7 Å². The Morgan fingerprint density at radius 2 is 2.04 bits per heavy atom. The van der Waals surface area contributed by atoms with E-state index in [1.807, 2.05) is 30.5 Å². The van der Waals surface area contributed by atoms with Crippen LogP contribution in [-0.4, -0.2) is 44.8 Å². The third kappa shape index (κ3) is 3.18. The number of ether oxygens (including phenoxy) is 1. The van der Waals surface area contributed by atoms with E-state index in [0.717, 1.165) is 4.90 Å². The number of thioether (sulfide) groups is 1. The maximum absolute atomic E-state index is 12.1. The topological polar surface area (TPSA) is 105 Å². The number of aromatic nitrogens is 2. The number of hydrogen-bond donors (Lipinski definition) is 3. The Hall–Kier alpha value is -1.87. The first kappa shape index (κ1) is 17.0. The Balaban J connectivity index is 2.00. The van der Waals surface area contributed by atoms with Crippen molar-refractivity contribution >= 4 is 11.8 Å². The molecule has 3 rings (SSSR count). The fourth-order valence-electron chi connectivity index (χ4n) is 2.73. The first-order chi connectivity index (χ1) is 11.5. The summed E-state index contributed by atoms with van der Waals surface area (Å²) in [7, 11) is 0. The summed E-state index contributed by atoms with van der Waals surface area (Å²) in [4.78, 5) is 27.6. The van der Waals surface area contributed by atoms with Gasteiger partial charge in [0.05, 0.1) is 18.3 Å². The van der Waals surface area contributed by atoms with Crippen molar-refractivity contribution in [3.63, 3.8) is 0 Å². The van der Waals surface area contributed by atoms with Crippen LogP contribution in [0.15, 0.2) is 44.9 Å². The Morgan fingerprint density at radius 1 is 1.33 bits per heavy atom. The van der Waals surface area contributed by atoms with Crippen LogP contribution in [0, 0.1) is 0 Å². The van der Waals surface area contributed by atoms with Crippen LogP contribution >= 0.6 is 11.8 Å². The predicted octanol–water partition coefficient (Wildman–Crippen LogP) is 0.566. The molecule has 1 saturated heterocycles. The summed E-state index contributed by atoms with van der Waals surface area (Å²) in [6, 6.07) is 7.41. The Kier molecular flexibility index (Phi) is 4.91. The maximum Gasteiger partial charge on any atom is 0.330 e. The van der Waals surface area contributed by atoms with Crippen LogP contribution in [0.5, 0.6) is 0 Å². The zero-order chi connectivity index (χ0) is 17.3. The molecule has 8 heteroatoms. The van der Waals surface area contributed by atoms with Crippen LogP contribution in [0.25, 0.3) is 11.1 Å². The molecule has 24 heavy (non-hydrogen) atoms. The smallest absolute Gasteiger partial charge is 0.330 e. The molecule has 7 nitrogen and oxygen atoms in total. The van der Waals surface area contributed by atoms with Crippen LogP contribution in [-0.2, 0) is 4.74 Å². The fraction of sp³-hybridized carbons (Fsp3) is 0.375. The molecule has 1 aromatic carbocycles. The van der Waals surface area contributed by atoms with Gasteiger partial charge in [-0.15, -0.1) is 11.8 Å². The number of aliphatic hydroxyl groups is 2. The highest BCUT2D eigenvalue weighted by Crippen LogP contribution is 2.28. The molecule has 1 aromatic heterocycles. The second kappa shape index (κ2) is 6.94. The lowest BCUT2D eigenvalue weighted by Gasteiger charge is -2.15. The molecule has 3 atom stereocenters. The maximum atomic E-state index is 12.1. The Morgan fingerprint density at radius 3 is 2.62 bits per heavy atom. The summed E-state index contributed by atoms with van der Waals surface area (Å²) >= 11 is 1.59. The number of H-pyrrole nitrogens is 1. The molecule has 128 valence electrons. The number of aliphatic hydroxyl groups excluding tert-OH is 2. The predicted molar refractivity (Wildman–Crippen MR) is 90.2 cm³/mol. The van der Waals surface area contributed by atoms with E-state index in [2.05, 4.69) is 4.98 Å². The van der Waals surface area contributed by atoms with E-state index in [1.54, 1.807) is 11.8 Å². The molecule has 0 amide bonds. The average molecular weight is 350 g/mol. The number of aromatic amines is 1. The van der Waals surface area contributed by atoms with E-state index in [0.29, 0.717) is 11.1 Å². The van der Waals surface area contributed by atoms with Crippen molar-refractivity contribution in [3.05, 3.63) is 51.3 Å². The highest BCUT2D eigenvalue weighted by molar-refractivity contribution is 7.98. The molecule has 0 radical (unpaired) electrons. The van der Waals surface area contributed by atoms with Gasteiger partial charge in [0.15, 0.2) is 0 Å². The SMILES string of the molecule is CSc1ccc(-c2cn([C@H]3C[C@H](O)[C@@H](CO)O3)c(=O)[nH]c2=O)cc1. The fourth-order valence-corrected chi connectivity index (χ4v) is 3.13. The minimum Gasteiger partial charge on any atom is -0.394 e. The second-order valence-electron chi connectivity index (χ2n) is 5.55. The van der Waals surface area contributed by atoms with Gasteiger partial charge in [0, 0.05) is 17.5 Å². The van der Waals surface area contributed by atoms with Crippen LogP contribution in [0.1, 0.15) is 12.6 Å². The van der Waals surface area contributed by atoms with Gasteiger partial charge < -0.3 is 14.9 Å². The first-order valence-corrected chi connectivity index (χ1v) is 8.70. The van der Waals surface area contributed by atoms with E-state index < -0.39 is 29.7 Å². The number of hydrogen-bond acceptors (Lipinski definition) is 6. The van der Waals surface area contributed by atoms with Gasteiger partial charge in [-0.1, -0.05) is 12.1 Å². The van der Waals surface area contributed by atoms with Crippen LogP contribution in [0.2, 0.25) is 0 Å². The van der Waals surface area contributed by atoms with Crippen molar-refractivity contribution in [1.29, 1.82) is 0 Å². The van der Waals surface area contributed by atoms with E-state index in [4.69, 9.17) is 9.84 Å². The summed E-state index contributed by atoms with van der Waals surface area (Å²) in [5.74, 6) is 0. The number of rotatable bonds is 4. The summed E-state index contributed by atoms with van der Waals surface area (Å²) in [5, 5.41) is 19.0. The van der Waals surface area contributed by atoms with Gasteiger partial charge in [-0.05, 0) is 24.0 Å². The highest BCUT2D eigenvalue weighted by Gasteiger charge is 2.35. The molecular weight excluding hydrogens is 332 g/mol. The van der Waals surface area contributed by atoms with E-state index >= 15 is 0 Å². The quantitative estimate of drug-likeness (QED) is 0.696. The van der Waals surface area contributed by atoms with Crippen LogP contribution in [0.4, 0.5) is 0 Å². The van der Waals surface area contributed by atoms with Gasteiger partial charge >= 0.3 is 5.69 Å². The molecule has 0 saturated carbocycles. The molecule has 0 bridgehead atoms. The number of nitrogens with zero attached hydrogens (tertiary/aromatic N) is 1. The molecule has 0 spiro atoms. The number of nitrogens with one attached hydrogen (secondary N) is 1. The summed E-state index contributed by atoms with van der Waals surface area (Å²) in [6.07, 6.45) is 1.24. The van der Waals surface area contributed by atoms with E-state index in [-0.39, 0.29) is 13.0 Å². The summed E-state index contributed by atoms with van der Waals surface area (Å²) in [5.41, 5.74) is -0.0708. The van der Waals surface area contributed by atoms with Crippen molar-refractivity contribution < 1.29 is 14.9 Å². The van der Waals surface area contributed by atoms with Gasteiger partial charge in [0.2, 0.25) is 0 Å². The molecule has 0 aliphatic carbocycles. The lowest BCUT2D eigenvalue weighted by atomic mass is 10.1. The normalized spacial score (nSPS) is 23.5. The monoisotopic (exact) mass is 350 g/mol. The molecule has 1 fully saturated rings. The standard InChI is InChI=1S/C16H18N2O5S/c1-24-10-4-2-9(3-5-10)11-7-18(16(22)17-15(11)21)14-6-12(20)13(8-19)23-14/h2-5,7,12-14,19-20H,6,8H2,1H3,(H,17,21,22)/t12-,13+,14+/m0/s1. The highest BCUT2D eigenvalue weighted by atomic mass is 32.2. The van der Waals surface area contributed by atoms with Crippen molar-refractivity contribution in [3.8, 4) is 11.1 Å². The average Bonchev–Trinajstić information content (AvgIpc) is 2.96. The largest absolute Gasteiger partial charge is 0.394 e. The molecule has 3 N–H and O–H groups in total. The zero-order valence-corrected chi connectivity index (χ0v) is 13.8. The summed E-state index contributed by atoms with van der Waals surface area (Å²) < 4.78 is 6.74. The minimum atomic E-state index is -0.858. The molecule has 1 aliphatic heterocycles. The Bertz CT molecular complexity index is 830. The molecule has 2 aromatic rings. The molecule has 2 heterocycles. The van der Waals surface area contributed by atoms with E-state index in [1.165, 1.54) is 10.8 Å². The van der Waals surface area contributed by atoms with Crippen LogP contribution in [0.3, 0.4) is 0 Å². The molecule has 0 unspecified atom stereocenters. The van der Waals surface area contributed by atoms with Gasteiger partial charge in [0.1, 0.15) is 12.3 Å². The van der Waals surface area contributed by atoms with Crippen LogP contribution < -0.4 is 11.2 Å². The van der Waals surface area contributed by atoms with Crippen molar-refractivity contribution in [2.24, 2.45) is 0 Å².